The van der Waals surface area contributed by atoms with Gasteiger partial charge in [0, 0.05) is 26.4 Å². The van der Waals surface area contributed by atoms with E-state index in [0.717, 1.165) is 0 Å². The van der Waals surface area contributed by atoms with E-state index in [1.54, 1.807) is 12.0 Å². The Morgan fingerprint density at radius 3 is 2.78 bits per heavy atom. The van der Waals surface area contributed by atoms with Crippen molar-refractivity contribution in [2.24, 2.45) is 0 Å². The summed E-state index contributed by atoms with van der Waals surface area (Å²) in [5, 5.41) is 18.0. The molecular weight excluding hydrogens is 260 g/mol. The van der Waals surface area contributed by atoms with Crippen LogP contribution in [0.3, 0.4) is 0 Å². The van der Waals surface area contributed by atoms with Gasteiger partial charge in [-0.25, -0.2) is 9.78 Å². The molecule has 1 rings (SSSR count). The third kappa shape index (κ3) is 3.83. The highest BCUT2D eigenvalue weighted by Crippen LogP contribution is 2.23. The molecule has 0 radical (unpaired) electrons. The van der Waals surface area contributed by atoms with Crippen molar-refractivity contribution in [2.75, 3.05) is 38.3 Å². The Morgan fingerprint density at radius 2 is 2.28 bits per heavy atom. The fourth-order valence-electron chi connectivity index (χ4n) is 1.43. The predicted octanol–water partition coefficient (Wildman–Crippen LogP) is 0.878. The third-order valence-electron chi connectivity index (χ3n) is 2.30. The number of rotatable bonds is 7. The maximum absolute atomic E-state index is 10.8. The maximum atomic E-state index is 10.8. The van der Waals surface area contributed by atoms with Crippen molar-refractivity contribution in [3.05, 3.63) is 22.8 Å². The number of anilines is 1. The molecule has 1 aromatic heterocycles. The van der Waals surface area contributed by atoms with E-state index >= 15 is 0 Å². The number of nitrogens with zero attached hydrogens (tertiary/aromatic N) is 2. The number of pyridine rings is 1. The lowest BCUT2D eigenvalue weighted by molar-refractivity contribution is 0.0696. The van der Waals surface area contributed by atoms with Gasteiger partial charge in [-0.15, -0.1) is 0 Å². The zero-order valence-corrected chi connectivity index (χ0v) is 10.7. The molecule has 0 aliphatic rings. The summed E-state index contributed by atoms with van der Waals surface area (Å²) in [5.74, 6) is -0.644. The zero-order valence-electron chi connectivity index (χ0n) is 9.97. The highest BCUT2D eigenvalue weighted by atomic mass is 35.5. The van der Waals surface area contributed by atoms with Crippen LogP contribution in [0, 0.1) is 0 Å². The van der Waals surface area contributed by atoms with Gasteiger partial charge in [0.1, 0.15) is 5.82 Å². The highest BCUT2D eigenvalue weighted by Gasteiger charge is 2.14. The Kier molecular flexibility index (Phi) is 5.84. The quantitative estimate of drug-likeness (QED) is 0.768. The van der Waals surface area contributed by atoms with Gasteiger partial charge in [-0.1, -0.05) is 11.6 Å². The molecule has 0 bridgehead atoms. The number of aromatic nitrogens is 1. The van der Waals surface area contributed by atoms with Crippen molar-refractivity contribution < 1.29 is 19.7 Å². The van der Waals surface area contributed by atoms with Crippen molar-refractivity contribution in [1.82, 2.24) is 4.98 Å². The van der Waals surface area contributed by atoms with Gasteiger partial charge in [0.15, 0.2) is 0 Å². The van der Waals surface area contributed by atoms with Crippen molar-refractivity contribution >= 4 is 23.4 Å². The van der Waals surface area contributed by atoms with E-state index in [-0.39, 0.29) is 17.2 Å². The molecule has 0 saturated carbocycles. The average Bonchev–Trinajstić information content (AvgIpc) is 2.34. The molecule has 0 amide bonds. The van der Waals surface area contributed by atoms with Crippen LogP contribution < -0.4 is 4.90 Å². The second-order valence-electron chi connectivity index (χ2n) is 3.54. The van der Waals surface area contributed by atoms with E-state index in [4.69, 9.17) is 26.6 Å². The van der Waals surface area contributed by atoms with E-state index in [2.05, 4.69) is 4.98 Å². The fourth-order valence-corrected chi connectivity index (χ4v) is 1.71. The SMILES string of the molecule is COCCN(CCO)c1ncc(C(=O)O)cc1Cl. The number of carbonyl (C=O) groups is 1. The number of aliphatic hydroxyl groups excluding tert-OH is 1. The molecule has 0 fully saturated rings. The molecular formula is C11H15ClN2O4. The van der Waals surface area contributed by atoms with Crippen LogP contribution in [0.15, 0.2) is 12.3 Å². The van der Waals surface area contributed by atoms with Crippen LogP contribution in [-0.4, -0.2) is 54.6 Å². The van der Waals surface area contributed by atoms with Crippen LogP contribution >= 0.6 is 11.6 Å². The van der Waals surface area contributed by atoms with E-state index in [0.29, 0.717) is 25.5 Å². The second kappa shape index (κ2) is 7.15. The summed E-state index contributed by atoms with van der Waals surface area (Å²) in [5.41, 5.74) is 0.0273. The van der Waals surface area contributed by atoms with Crippen molar-refractivity contribution in [3.63, 3.8) is 0 Å². The number of hydrogen-bond donors (Lipinski definition) is 2. The summed E-state index contributed by atoms with van der Waals surface area (Å²) in [4.78, 5) is 16.5. The Morgan fingerprint density at radius 1 is 1.56 bits per heavy atom. The van der Waals surface area contributed by atoms with Gasteiger partial charge in [0.25, 0.3) is 0 Å². The van der Waals surface area contributed by atoms with Crippen molar-refractivity contribution in [3.8, 4) is 0 Å². The zero-order chi connectivity index (χ0) is 13.5. The summed E-state index contributed by atoms with van der Waals surface area (Å²) >= 11 is 5.99. The first kappa shape index (κ1) is 14.7. The molecule has 0 unspecified atom stereocenters. The van der Waals surface area contributed by atoms with Crippen LogP contribution in [0.5, 0.6) is 0 Å². The van der Waals surface area contributed by atoms with Crippen LogP contribution in [0.2, 0.25) is 5.02 Å². The molecule has 100 valence electrons. The first-order valence-electron chi connectivity index (χ1n) is 5.33. The molecule has 0 spiro atoms. The topological polar surface area (TPSA) is 82.9 Å². The number of aromatic carboxylic acids is 1. The predicted molar refractivity (Wildman–Crippen MR) is 67.4 cm³/mol. The molecule has 2 N–H and O–H groups in total. The van der Waals surface area contributed by atoms with Gasteiger partial charge >= 0.3 is 5.97 Å². The van der Waals surface area contributed by atoms with E-state index in [9.17, 15) is 4.79 Å². The molecule has 18 heavy (non-hydrogen) atoms. The number of carboxylic acid groups (broad SMARTS) is 1. The van der Waals surface area contributed by atoms with Gasteiger partial charge in [-0.2, -0.15) is 0 Å². The second-order valence-corrected chi connectivity index (χ2v) is 3.95. The van der Waals surface area contributed by atoms with Gasteiger partial charge in [0.05, 0.1) is 23.8 Å². The number of carboxylic acids is 1. The van der Waals surface area contributed by atoms with Crippen LogP contribution in [0.1, 0.15) is 10.4 Å². The monoisotopic (exact) mass is 274 g/mol. The number of hydrogen-bond acceptors (Lipinski definition) is 5. The largest absolute Gasteiger partial charge is 0.478 e. The Bertz CT molecular complexity index is 414. The molecule has 0 aliphatic carbocycles. The smallest absolute Gasteiger partial charge is 0.337 e. The summed E-state index contributed by atoms with van der Waals surface area (Å²) in [6.07, 6.45) is 1.24. The Labute approximate surface area is 110 Å². The van der Waals surface area contributed by atoms with Gasteiger partial charge < -0.3 is 19.8 Å². The third-order valence-corrected chi connectivity index (χ3v) is 2.58. The Balaban J connectivity index is 2.93. The highest BCUT2D eigenvalue weighted by molar-refractivity contribution is 6.33. The number of methoxy groups -OCH3 is 1. The van der Waals surface area contributed by atoms with Gasteiger partial charge in [-0.3, -0.25) is 0 Å². The standard InChI is InChI=1S/C11H15ClN2O4/c1-18-5-3-14(2-4-15)10-9(12)6-8(7-13-10)11(16)17/h6-7,15H,2-5H2,1H3,(H,16,17). The Hall–Kier alpha value is -1.37. The molecule has 0 aliphatic heterocycles. The molecule has 0 aromatic carbocycles. The molecule has 6 nitrogen and oxygen atoms in total. The average molecular weight is 275 g/mol. The lowest BCUT2D eigenvalue weighted by Gasteiger charge is -2.23. The van der Waals surface area contributed by atoms with E-state index in [1.165, 1.54) is 12.3 Å². The number of ether oxygens (including phenoxy) is 1. The fraction of sp³-hybridized carbons (Fsp3) is 0.455. The lowest BCUT2D eigenvalue weighted by Crippen LogP contribution is -2.31. The minimum atomic E-state index is -1.08. The van der Waals surface area contributed by atoms with Crippen LogP contribution in [0.25, 0.3) is 0 Å². The summed E-state index contributed by atoms with van der Waals surface area (Å²) < 4.78 is 4.95. The minimum absolute atomic E-state index is 0.0273. The first-order chi connectivity index (χ1) is 8.60. The van der Waals surface area contributed by atoms with Crippen molar-refractivity contribution in [2.45, 2.75) is 0 Å². The maximum Gasteiger partial charge on any atom is 0.337 e. The van der Waals surface area contributed by atoms with E-state index < -0.39 is 5.97 Å². The van der Waals surface area contributed by atoms with Gasteiger partial charge in [-0.05, 0) is 6.07 Å². The van der Waals surface area contributed by atoms with Crippen LogP contribution in [-0.2, 0) is 4.74 Å². The lowest BCUT2D eigenvalue weighted by atomic mass is 10.3. The van der Waals surface area contributed by atoms with Crippen molar-refractivity contribution in [1.29, 1.82) is 0 Å². The van der Waals surface area contributed by atoms with Gasteiger partial charge in [0.2, 0.25) is 0 Å². The number of aliphatic hydroxyl groups is 1. The molecule has 7 heteroatoms. The summed E-state index contributed by atoms with van der Waals surface area (Å²) in [7, 11) is 1.57. The molecule has 1 heterocycles. The van der Waals surface area contributed by atoms with E-state index in [1.807, 2.05) is 0 Å². The summed E-state index contributed by atoms with van der Waals surface area (Å²) in [6, 6.07) is 1.34. The summed E-state index contributed by atoms with van der Waals surface area (Å²) in [6.45, 7) is 1.26. The molecule has 0 atom stereocenters. The first-order valence-corrected chi connectivity index (χ1v) is 5.71. The minimum Gasteiger partial charge on any atom is -0.478 e. The van der Waals surface area contributed by atoms with Crippen LogP contribution in [0.4, 0.5) is 5.82 Å². The normalized spacial score (nSPS) is 10.4. The number of halogens is 1. The molecule has 0 saturated heterocycles. The molecule has 1 aromatic rings.